The molecule has 172 valence electrons. The average molecular weight is 498 g/mol. The molecule has 5 heterocycles. The van der Waals surface area contributed by atoms with Crippen LogP contribution in [0.2, 0.25) is 5.02 Å². The summed E-state index contributed by atoms with van der Waals surface area (Å²) in [7, 11) is 0. The highest BCUT2D eigenvalue weighted by Gasteiger charge is 2.25. The number of nitrogens with one attached hydrogen (secondary N) is 1. The summed E-state index contributed by atoms with van der Waals surface area (Å²) in [5, 5.41) is 27.4. The lowest BCUT2D eigenvalue weighted by molar-refractivity contribution is 0.0950. The molecule has 0 spiro atoms. The molecule has 1 atom stereocenters. The minimum atomic E-state index is -1.00. The Balaban J connectivity index is 1.23. The van der Waals surface area contributed by atoms with Gasteiger partial charge in [-0.25, -0.2) is 4.98 Å². The average Bonchev–Trinajstić information content (AvgIpc) is 3.53. The van der Waals surface area contributed by atoms with Gasteiger partial charge in [0.2, 0.25) is 0 Å². The molecule has 0 saturated carbocycles. The van der Waals surface area contributed by atoms with Gasteiger partial charge in [-0.1, -0.05) is 11.6 Å². The van der Waals surface area contributed by atoms with Gasteiger partial charge in [-0.15, -0.1) is 21.5 Å². The Morgan fingerprint density at radius 1 is 1.29 bits per heavy atom. The van der Waals surface area contributed by atoms with E-state index in [-0.39, 0.29) is 30.4 Å². The number of carbonyl (C=O) groups is 1. The van der Waals surface area contributed by atoms with Gasteiger partial charge in [0.15, 0.2) is 5.82 Å². The van der Waals surface area contributed by atoms with E-state index in [1.54, 1.807) is 24.3 Å². The monoisotopic (exact) mass is 497 g/mol. The van der Waals surface area contributed by atoms with Crippen LogP contribution >= 0.6 is 22.9 Å². The number of rotatable bonds is 5. The summed E-state index contributed by atoms with van der Waals surface area (Å²) in [5.74, 6) is 0.466. The minimum absolute atomic E-state index is 0.0138. The molecule has 11 nitrogen and oxygen atoms in total. The van der Waals surface area contributed by atoms with Gasteiger partial charge >= 0.3 is 0 Å². The zero-order valence-corrected chi connectivity index (χ0v) is 19.0. The van der Waals surface area contributed by atoms with Crippen LogP contribution in [0.1, 0.15) is 32.9 Å². The van der Waals surface area contributed by atoms with Gasteiger partial charge in [0.05, 0.1) is 29.7 Å². The number of aliphatic hydroxyl groups excluding tert-OH is 1. The molecule has 34 heavy (non-hydrogen) atoms. The first-order chi connectivity index (χ1) is 16.5. The van der Waals surface area contributed by atoms with Crippen molar-refractivity contribution in [3.05, 3.63) is 68.0 Å². The van der Waals surface area contributed by atoms with E-state index in [4.69, 9.17) is 16.0 Å². The number of nitrogens with zero attached hydrogens (tertiary/aromatic N) is 6. The number of furan rings is 1. The number of carbonyl (C=O) groups excluding carboxylic acids is 1. The molecule has 0 saturated heterocycles. The molecular formula is C21H16ClN7O4S. The van der Waals surface area contributed by atoms with E-state index in [0.717, 1.165) is 10.9 Å². The number of aromatic nitrogens is 6. The molecule has 1 amide bonds. The Bertz CT molecular complexity index is 1640. The molecule has 4 aromatic heterocycles. The van der Waals surface area contributed by atoms with Gasteiger partial charge < -0.3 is 14.8 Å². The SMILES string of the molecule is O=C1NCCc2c1sc1ncn(Cc3nnn(C[C@H](O)c4cc5cc(Cl)ccc5o4)n3)c(=O)c21. The lowest BCUT2D eigenvalue weighted by Gasteiger charge is -2.11. The van der Waals surface area contributed by atoms with E-state index in [2.05, 4.69) is 25.7 Å². The van der Waals surface area contributed by atoms with Crippen LogP contribution < -0.4 is 10.9 Å². The molecule has 0 bridgehead atoms. The van der Waals surface area contributed by atoms with E-state index >= 15 is 0 Å². The van der Waals surface area contributed by atoms with E-state index in [9.17, 15) is 14.7 Å². The molecule has 1 aromatic carbocycles. The van der Waals surface area contributed by atoms with Crippen LogP contribution in [0.3, 0.4) is 0 Å². The minimum Gasteiger partial charge on any atom is -0.458 e. The summed E-state index contributed by atoms with van der Waals surface area (Å²) >= 11 is 7.22. The van der Waals surface area contributed by atoms with Gasteiger partial charge in [-0.2, -0.15) is 4.80 Å². The molecule has 0 unspecified atom stereocenters. The number of hydrogen-bond acceptors (Lipinski definition) is 9. The van der Waals surface area contributed by atoms with Gasteiger partial charge in [0, 0.05) is 17.0 Å². The highest BCUT2D eigenvalue weighted by molar-refractivity contribution is 7.20. The third kappa shape index (κ3) is 3.56. The van der Waals surface area contributed by atoms with Crippen molar-refractivity contribution in [2.24, 2.45) is 0 Å². The number of hydrogen-bond donors (Lipinski definition) is 2. The van der Waals surface area contributed by atoms with Crippen LogP contribution in [0.25, 0.3) is 21.2 Å². The van der Waals surface area contributed by atoms with Crippen molar-refractivity contribution >= 4 is 50.0 Å². The number of amides is 1. The maximum Gasteiger partial charge on any atom is 0.262 e. The number of halogens is 1. The van der Waals surface area contributed by atoms with Gasteiger partial charge in [-0.05, 0) is 41.5 Å². The van der Waals surface area contributed by atoms with Gasteiger partial charge in [-0.3, -0.25) is 14.2 Å². The van der Waals surface area contributed by atoms with Crippen molar-refractivity contribution in [1.29, 1.82) is 0 Å². The largest absolute Gasteiger partial charge is 0.458 e. The zero-order valence-electron chi connectivity index (χ0n) is 17.4. The fourth-order valence-electron chi connectivity index (χ4n) is 4.01. The van der Waals surface area contributed by atoms with Crippen molar-refractivity contribution in [2.45, 2.75) is 25.6 Å². The lowest BCUT2D eigenvalue weighted by atomic mass is 10.1. The van der Waals surface area contributed by atoms with E-state index in [1.807, 2.05) is 0 Å². The molecule has 1 aliphatic rings. The predicted octanol–water partition coefficient (Wildman–Crippen LogP) is 1.91. The van der Waals surface area contributed by atoms with Crippen molar-refractivity contribution < 1.29 is 14.3 Å². The molecule has 6 rings (SSSR count). The first kappa shape index (κ1) is 21.0. The standard InChI is InChI=1S/C21H16ClN7O4S/c22-11-1-2-14-10(5-11)6-15(33-14)13(30)7-29-26-16(25-27-29)8-28-9-24-20-17(21(28)32)12-3-4-23-19(31)18(12)34-20/h1-2,5-6,9,13,30H,3-4,7-8H2,(H,23,31)/t13-/m0/s1. The molecule has 1 aliphatic heterocycles. The third-order valence-electron chi connectivity index (χ3n) is 5.61. The van der Waals surface area contributed by atoms with Crippen LogP contribution in [-0.2, 0) is 19.5 Å². The molecule has 0 fully saturated rings. The fourth-order valence-corrected chi connectivity index (χ4v) is 5.29. The third-order valence-corrected chi connectivity index (χ3v) is 6.99. The Morgan fingerprint density at radius 3 is 3.06 bits per heavy atom. The summed E-state index contributed by atoms with van der Waals surface area (Å²) in [5.41, 5.74) is 1.10. The molecule has 13 heteroatoms. The smallest absolute Gasteiger partial charge is 0.262 e. The van der Waals surface area contributed by atoms with Crippen molar-refractivity contribution in [3.63, 3.8) is 0 Å². The number of tetrazole rings is 1. The van der Waals surface area contributed by atoms with Crippen LogP contribution in [0.5, 0.6) is 0 Å². The Labute approximate surface area is 199 Å². The number of benzene rings is 1. The van der Waals surface area contributed by atoms with E-state index in [1.165, 1.54) is 27.0 Å². The highest BCUT2D eigenvalue weighted by atomic mass is 35.5. The second kappa shape index (κ2) is 8.01. The summed E-state index contributed by atoms with van der Waals surface area (Å²) in [6.45, 7) is 0.556. The molecular weight excluding hydrogens is 482 g/mol. The number of fused-ring (bicyclic) bond motifs is 4. The Morgan fingerprint density at radius 2 is 2.18 bits per heavy atom. The fraction of sp³-hybridized carbons (Fsp3) is 0.238. The molecule has 5 aromatic rings. The Kier molecular flexibility index (Phi) is 4.94. The van der Waals surface area contributed by atoms with E-state index < -0.39 is 6.10 Å². The summed E-state index contributed by atoms with van der Waals surface area (Å²) in [4.78, 5) is 31.9. The zero-order chi connectivity index (χ0) is 23.4. The lowest BCUT2D eigenvalue weighted by Crippen LogP contribution is -2.31. The first-order valence-electron chi connectivity index (χ1n) is 10.4. The topological polar surface area (TPSA) is 141 Å². The van der Waals surface area contributed by atoms with Crippen LogP contribution in [-0.4, -0.2) is 47.3 Å². The predicted molar refractivity (Wildman–Crippen MR) is 123 cm³/mol. The summed E-state index contributed by atoms with van der Waals surface area (Å²) in [6.07, 6.45) is 1.000. The maximum atomic E-state index is 13.1. The van der Waals surface area contributed by atoms with E-state index in [0.29, 0.717) is 44.4 Å². The van der Waals surface area contributed by atoms with Crippen LogP contribution in [0.4, 0.5) is 0 Å². The second-order valence-corrected chi connectivity index (χ2v) is 9.32. The second-order valence-electron chi connectivity index (χ2n) is 7.88. The highest BCUT2D eigenvalue weighted by Crippen LogP contribution is 2.30. The number of aliphatic hydroxyl groups is 1. The maximum absolute atomic E-state index is 13.1. The van der Waals surface area contributed by atoms with Gasteiger partial charge in [0.25, 0.3) is 11.5 Å². The van der Waals surface area contributed by atoms with Crippen molar-refractivity contribution in [3.8, 4) is 0 Å². The first-order valence-corrected chi connectivity index (χ1v) is 11.6. The van der Waals surface area contributed by atoms with Gasteiger partial charge in [0.1, 0.15) is 22.3 Å². The van der Waals surface area contributed by atoms with Crippen LogP contribution in [0, 0.1) is 0 Å². The summed E-state index contributed by atoms with van der Waals surface area (Å²) in [6, 6.07) is 6.91. The summed E-state index contributed by atoms with van der Waals surface area (Å²) < 4.78 is 7.07. The van der Waals surface area contributed by atoms with Crippen LogP contribution in [0.15, 0.2) is 39.8 Å². The Hall–Kier alpha value is -3.61. The number of thiophene rings is 1. The molecule has 0 radical (unpaired) electrons. The quantitative estimate of drug-likeness (QED) is 0.375. The van der Waals surface area contributed by atoms with Crippen molar-refractivity contribution in [2.75, 3.05) is 6.54 Å². The normalized spacial score (nSPS) is 14.5. The van der Waals surface area contributed by atoms with Crippen molar-refractivity contribution in [1.82, 2.24) is 35.1 Å². The molecule has 0 aliphatic carbocycles. The molecule has 2 N–H and O–H groups in total.